The zero-order valence-corrected chi connectivity index (χ0v) is 18.6. The SMILES string of the molecule is O=C(Nc1ccc(NC(=S)NCCc2cc(C(F)(F)F)cc(C(F)(F)F)c2)cc1)c1csnn1. The van der Waals surface area contributed by atoms with E-state index in [1.165, 1.54) is 5.38 Å². The summed E-state index contributed by atoms with van der Waals surface area (Å²) in [5.74, 6) is -0.421. The molecule has 0 saturated heterocycles. The van der Waals surface area contributed by atoms with E-state index in [0.717, 1.165) is 11.5 Å². The van der Waals surface area contributed by atoms with Crippen LogP contribution in [-0.4, -0.2) is 27.2 Å². The lowest BCUT2D eigenvalue weighted by molar-refractivity contribution is -0.143. The number of hydrogen-bond donors (Lipinski definition) is 3. The van der Waals surface area contributed by atoms with Gasteiger partial charge in [-0.15, -0.1) is 5.10 Å². The second-order valence-electron chi connectivity index (χ2n) is 6.87. The Kier molecular flexibility index (Phi) is 7.71. The Morgan fingerprint density at radius 1 is 0.912 bits per heavy atom. The van der Waals surface area contributed by atoms with Crippen LogP contribution in [0.1, 0.15) is 27.2 Å². The number of anilines is 2. The van der Waals surface area contributed by atoms with Gasteiger partial charge in [0, 0.05) is 23.3 Å². The van der Waals surface area contributed by atoms with Gasteiger partial charge in [0.2, 0.25) is 0 Å². The summed E-state index contributed by atoms with van der Waals surface area (Å²) in [6.45, 7) is 0.000257. The minimum Gasteiger partial charge on any atom is -0.362 e. The van der Waals surface area contributed by atoms with Gasteiger partial charge in [-0.3, -0.25) is 4.79 Å². The van der Waals surface area contributed by atoms with Crippen LogP contribution in [0, 0.1) is 0 Å². The number of halogens is 6. The van der Waals surface area contributed by atoms with Crippen molar-refractivity contribution in [3.63, 3.8) is 0 Å². The molecule has 1 heterocycles. The van der Waals surface area contributed by atoms with E-state index < -0.39 is 29.4 Å². The van der Waals surface area contributed by atoms with Crippen LogP contribution in [0.3, 0.4) is 0 Å². The molecule has 180 valence electrons. The number of thiocarbonyl (C=S) groups is 1. The molecule has 0 unspecified atom stereocenters. The highest BCUT2D eigenvalue weighted by Crippen LogP contribution is 2.36. The Morgan fingerprint density at radius 2 is 1.47 bits per heavy atom. The van der Waals surface area contributed by atoms with Crippen molar-refractivity contribution in [2.24, 2.45) is 0 Å². The lowest BCUT2D eigenvalue weighted by Gasteiger charge is -2.15. The van der Waals surface area contributed by atoms with E-state index in [4.69, 9.17) is 12.2 Å². The average molecular weight is 519 g/mol. The van der Waals surface area contributed by atoms with Gasteiger partial charge in [0.05, 0.1) is 11.1 Å². The maximum atomic E-state index is 13.0. The van der Waals surface area contributed by atoms with Crippen molar-refractivity contribution >= 4 is 46.1 Å². The molecule has 6 nitrogen and oxygen atoms in total. The number of amides is 1. The highest BCUT2D eigenvalue weighted by Gasteiger charge is 2.36. The minimum atomic E-state index is -4.90. The molecule has 3 aromatic rings. The third-order valence-corrected chi connectivity index (χ3v) is 5.09. The summed E-state index contributed by atoms with van der Waals surface area (Å²) < 4.78 is 81.3. The van der Waals surface area contributed by atoms with Crippen molar-refractivity contribution in [3.05, 3.63) is 70.2 Å². The summed E-state index contributed by atoms with van der Waals surface area (Å²) in [6, 6.07) is 7.89. The Balaban J connectivity index is 1.54. The molecule has 0 bridgehead atoms. The van der Waals surface area contributed by atoms with E-state index in [9.17, 15) is 31.1 Å². The van der Waals surface area contributed by atoms with Crippen LogP contribution in [0.2, 0.25) is 0 Å². The average Bonchev–Trinajstić information content (AvgIpc) is 3.29. The monoisotopic (exact) mass is 519 g/mol. The molecule has 1 amide bonds. The normalized spacial score (nSPS) is 11.7. The molecule has 14 heteroatoms. The zero-order chi connectivity index (χ0) is 24.9. The number of hydrogen-bond acceptors (Lipinski definition) is 5. The third-order valence-electron chi connectivity index (χ3n) is 4.34. The van der Waals surface area contributed by atoms with Gasteiger partial charge in [-0.05, 0) is 78.2 Å². The second kappa shape index (κ2) is 10.3. The number of benzene rings is 2. The van der Waals surface area contributed by atoms with Crippen LogP contribution >= 0.6 is 23.8 Å². The molecule has 0 atom stereocenters. The molecule has 0 saturated carbocycles. The fourth-order valence-electron chi connectivity index (χ4n) is 2.75. The van der Waals surface area contributed by atoms with E-state index in [0.29, 0.717) is 23.5 Å². The standard InChI is InChI=1S/C20H15F6N5OS2/c21-19(22,23)12-7-11(8-13(9-12)20(24,25)26)5-6-27-18(33)29-15-3-1-14(2-4-15)28-17(32)16-10-34-31-30-16/h1-4,7-10H,5-6H2,(H,28,32)(H2,27,29,33). The molecule has 0 fully saturated rings. The van der Waals surface area contributed by atoms with Gasteiger partial charge in [0.15, 0.2) is 10.8 Å². The van der Waals surface area contributed by atoms with Gasteiger partial charge < -0.3 is 16.0 Å². The first-order valence-electron chi connectivity index (χ1n) is 9.43. The lowest BCUT2D eigenvalue weighted by Crippen LogP contribution is -2.30. The molecule has 3 N–H and O–H groups in total. The van der Waals surface area contributed by atoms with Crippen LogP contribution in [0.4, 0.5) is 37.7 Å². The summed E-state index contributed by atoms with van der Waals surface area (Å²) in [5.41, 5.74) is -1.64. The predicted octanol–water partition coefficient (Wildman–Crippen LogP) is 5.36. The summed E-state index contributed by atoms with van der Waals surface area (Å²) >= 11 is 6.16. The van der Waals surface area contributed by atoms with Crippen LogP contribution < -0.4 is 16.0 Å². The van der Waals surface area contributed by atoms with Gasteiger partial charge in [-0.2, -0.15) is 26.3 Å². The number of carbonyl (C=O) groups is 1. The molecule has 3 rings (SSSR count). The summed E-state index contributed by atoms with van der Waals surface area (Å²) in [7, 11) is 0. The topological polar surface area (TPSA) is 78.9 Å². The molecule has 0 aliphatic rings. The molecule has 0 radical (unpaired) electrons. The maximum Gasteiger partial charge on any atom is 0.416 e. The first-order chi connectivity index (χ1) is 15.9. The Morgan fingerprint density at radius 3 is 1.97 bits per heavy atom. The van der Waals surface area contributed by atoms with Gasteiger partial charge in [0.25, 0.3) is 5.91 Å². The third kappa shape index (κ3) is 7.12. The smallest absolute Gasteiger partial charge is 0.362 e. The van der Waals surface area contributed by atoms with E-state index in [1.54, 1.807) is 24.3 Å². The van der Waals surface area contributed by atoms with E-state index in [2.05, 4.69) is 25.5 Å². The molecule has 0 aliphatic heterocycles. The minimum absolute atomic E-state index is 0.000257. The van der Waals surface area contributed by atoms with Crippen molar-refractivity contribution in [2.45, 2.75) is 18.8 Å². The molecular formula is C20H15F6N5OS2. The number of rotatable bonds is 6. The molecule has 1 aromatic heterocycles. The van der Waals surface area contributed by atoms with Crippen molar-refractivity contribution in [3.8, 4) is 0 Å². The number of carbonyl (C=O) groups excluding carboxylic acids is 1. The molecular weight excluding hydrogens is 504 g/mol. The Labute approximate surface area is 198 Å². The number of aromatic nitrogens is 2. The summed E-state index contributed by atoms with van der Waals surface area (Å²) in [6.07, 6.45) is -9.92. The van der Waals surface area contributed by atoms with Crippen LogP contribution in [-0.2, 0) is 18.8 Å². The Hall–Kier alpha value is -3.26. The summed E-state index contributed by atoms with van der Waals surface area (Å²) in [4.78, 5) is 11.9. The van der Waals surface area contributed by atoms with Gasteiger partial charge >= 0.3 is 12.4 Å². The lowest BCUT2D eigenvalue weighted by atomic mass is 10.0. The van der Waals surface area contributed by atoms with Gasteiger partial charge in [-0.1, -0.05) is 4.49 Å². The van der Waals surface area contributed by atoms with Gasteiger partial charge in [0.1, 0.15) is 0 Å². The number of nitrogens with zero attached hydrogens (tertiary/aromatic N) is 2. The van der Waals surface area contributed by atoms with Crippen molar-refractivity contribution in [1.29, 1.82) is 0 Å². The molecule has 2 aromatic carbocycles. The van der Waals surface area contributed by atoms with Crippen molar-refractivity contribution in [2.75, 3.05) is 17.2 Å². The van der Waals surface area contributed by atoms with Gasteiger partial charge in [-0.25, -0.2) is 0 Å². The summed E-state index contributed by atoms with van der Waals surface area (Å²) in [5, 5.41) is 13.5. The fraction of sp³-hybridized carbons (Fsp3) is 0.200. The maximum absolute atomic E-state index is 13.0. The molecule has 0 spiro atoms. The zero-order valence-electron chi connectivity index (χ0n) is 16.9. The Bertz CT molecular complexity index is 1120. The first kappa shape index (κ1) is 25.4. The van der Waals surface area contributed by atoms with Crippen LogP contribution in [0.5, 0.6) is 0 Å². The molecule has 34 heavy (non-hydrogen) atoms. The van der Waals surface area contributed by atoms with Crippen LogP contribution in [0.15, 0.2) is 47.8 Å². The van der Waals surface area contributed by atoms with E-state index >= 15 is 0 Å². The van der Waals surface area contributed by atoms with Crippen molar-refractivity contribution in [1.82, 2.24) is 14.9 Å². The number of alkyl halides is 6. The highest BCUT2D eigenvalue weighted by molar-refractivity contribution is 7.80. The van der Waals surface area contributed by atoms with E-state index in [1.807, 2.05) is 0 Å². The molecule has 0 aliphatic carbocycles. The first-order valence-corrected chi connectivity index (χ1v) is 10.7. The fourth-order valence-corrected chi connectivity index (χ4v) is 3.41. The predicted molar refractivity (Wildman–Crippen MR) is 119 cm³/mol. The highest BCUT2D eigenvalue weighted by atomic mass is 32.1. The van der Waals surface area contributed by atoms with E-state index in [-0.39, 0.29) is 35.4 Å². The second-order valence-corrected chi connectivity index (χ2v) is 7.88. The van der Waals surface area contributed by atoms with Crippen LogP contribution in [0.25, 0.3) is 0 Å². The van der Waals surface area contributed by atoms with Crippen molar-refractivity contribution < 1.29 is 31.1 Å². The quantitative estimate of drug-likeness (QED) is 0.301. The number of nitrogens with one attached hydrogen (secondary N) is 3. The largest absolute Gasteiger partial charge is 0.416 e.